The van der Waals surface area contributed by atoms with Crippen molar-refractivity contribution in [2.24, 2.45) is 0 Å². The Labute approximate surface area is 131 Å². The van der Waals surface area contributed by atoms with Crippen LogP contribution in [0.4, 0.5) is 4.39 Å². The molecule has 1 aromatic carbocycles. The van der Waals surface area contributed by atoms with E-state index in [1.165, 1.54) is 19.6 Å². The summed E-state index contributed by atoms with van der Waals surface area (Å²) >= 11 is 0. The first kappa shape index (κ1) is 16.7. The average molecular weight is 309 g/mol. The number of hydrogen-bond acceptors (Lipinski definition) is 4. The second-order valence-corrected chi connectivity index (χ2v) is 5.58. The molecule has 22 heavy (non-hydrogen) atoms. The molecule has 0 aromatic heterocycles. The van der Waals surface area contributed by atoms with Crippen LogP contribution in [-0.2, 0) is 9.53 Å². The lowest BCUT2D eigenvalue weighted by atomic mass is 9.94. The number of rotatable bonds is 6. The number of carbonyl (C=O) groups is 1. The third-order valence-electron chi connectivity index (χ3n) is 4.04. The van der Waals surface area contributed by atoms with E-state index in [1.54, 1.807) is 19.1 Å². The summed E-state index contributed by atoms with van der Waals surface area (Å²) in [5.41, 5.74) is 0.572. The molecule has 1 aliphatic rings. The average Bonchev–Trinajstić information content (AvgIpc) is 2.53. The van der Waals surface area contributed by atoms with Gasteiger partial charge in [-0.1, -0.05) is 25.3 Å². The van der Waals surface area contributed by atoms with Crippen molar-refractivity contribution in [2.45, 2.75) is 51.1 Å². The number of carbonyl (C=O) groups excluding carboxylic acids is 1. The summed E-state index contributed by atoms with van der Waals surface area (Å²) in [6.45, 7) is 2.07. The molecule has 0 spiro atoms. The lowest BCUT2D eigenvalue weighted by Crippen LogP contribution is -2.39. The summed E-state index contributed by atoms with van der Waals surface area (Å²) in [4.78, 5) is 12.2. The maximum atomic E-state index is 13.9. The molecule has 0 heterocycles. The Bertz CT molecular complexity index is 501. The van der Waals surface area contributed by atoms with Crippen LogP contribution < -0.4 is 10.1 Å². The molecule has 0 amide bonds. The first-order valence-corrected chi connectivity index (χ1v) is 7.91. The number of ether oxygens (including phenoxy) is 2. The zero-order valence-corrected chi connectivity index (χ0v) is 13.2. The molecule has 1 unspecified atom stereocenters. The molecule has 122 valence electrons. The van der Waals surface area contributed by atoms with Gasteiger partial charge in [-0.05, 0) is 37.5 Å². The van der Waals surface area contributed by atoms with Gasteiger partial charge in [0, 0.05) is 6.04 Å². The Morgan fingerprint density at radius 1 is 1.36 bits per heavy atom. The SMILES string of the molecule is CCOC(=O)C(NC1CCCCC1)c1ccc(OC)c(F)c1. The molecule has 1 N–H and O–H groups in total. The summed E-state index contributed by atoms with van der Waals surface area (Å²) < 4.78 is 24.0. The Hall–Kier alpha value is -1.62. The summed E-state index contributed by atoms with van der Waals surface area (Å²) in [5.74, 6) is -0.665. The Balaban J connectivity index is 2.19. The molecule has 1 atom stereocenters. The highest BCUT2D eigenvalue weighted by atomic mass is 19.1. The smallest absolute Gasteiger partial charge is 0.327 e. The van der Waals surface area contributed by atoms with E-state index in [4.69, 9.17) is 9.47 Å². The minimum atomic E-state index is -0.636. The first-order chi connectivity index (χ1) is 10.7. The van der Waals surface area contributed by atoms with Gasteiger partial charge in [0.15, 0.2) is 11.6 Å². The van der Waals surface area contributed by atoms with Crippen molar-refractivity contribution in [1.82, 2.24) is 5.32 Å². The number of nitrogens with one attached hydrogen (secondary N) is 1. The van der Waals surface area contributed by atoms with E-state index in [-0.39, 0.29) is 17.8 Å². The van der Waals surface area contributed by atoms with Crippen LogP contribution in [0.1, 0.15) is 50.6 Å². The molecule has 1 aromatic rings. The van der Waals surface area contributed by atoms with Gasteiger partial charge in [-0.2, -0.15) is 0 Å². The maximum Gasteiger partial charge on any atom is 0.327 e. The Kier molecular flexibility index (Phi) is 6.19. The second kappa shape index (κ2) is 8.13. The molecule has 1 saturated carbocycles. The molecule has 1 fully saturated rings. The highest BCUT2D eigenvalue weighted by molar-refractivity contribution is 5.77. The van der Waals surface area contributed by atoms with Gasteiger partial charge in [-0.15, -0.1) is 0 Å². The van der Waals surface area contributed by atoms with Crippen molar-refractivity contribution in [1.29, 1.82) is 0 Å². The van der Waals surface area contributed by atoms with Gasteiger partial charge in [0.1, 0.15) is 6.04 Å². The Morgan fingerprint density at radius 2 is 2.09 bits per heavy atom. The first-order valence-electron chi connectivity index (χ1n) is 7.91. The van der Waals surface area contributed by atoms with Crippen LogP contribution in [0.15, 0.2) is 18.2 Å². The van der Waals surface area contributed by atoms with Crippen molar-refractivity contribution >= 4 is 5.97 Å². The van der Waals surface area contributed by atoms with Crippen LogP contribution in [0.5, 0.6) is 5.75 Å². The van der Waals surface area contributed by atoms with Crippen molar-refractivity contribution < 1.29 is 18.7 Å². The van der Waals surface area contributed by atoms with Gasteiger partial charge >= 0.3 is 5.97 Å². The third-order valence-corrected chi connectivity index (χ3v) is 4.04. The number of halogens is 1. The van der Waals surface area contributed by atoms with E-state index in [0.29, 0.717) is 12.2 Å². The standard InChI is InChI=1S/C17H24FNO3/c1-3-22-17(20)16(19-13-7-5-4-6-8-13)12-9-10-15(21-2)14(18)11-12/h9-11,13,16,19H,3-8H2,1-2H3. The predicted molar refractivity (Wildman–Crippen MR) is 82.3 cm³/mol. The van der Waals surface area contributed by atoms with Crippen LogP contribution in [-0.4, -0.2) is 25.7 Å². The van der Waals surface area contributed by atoms with Crippen molar-refractivity contribution in [3.8, 4) is 5.75 Å². The molecular weight excluding hydrogens is 285 g/mol. The fourth-order valence-corrected chi connectivity index (χ4v) is 2.89. The minimum absolute atomic E-state index is 0.170. The fourth-order valence-electron chi connectivity index (χ4n) is 2.89. The Morgan fingerprint density at radius 3 is 2.68 bits per heavy atom. The lowest BCUT2D eigenvalue weighted by molar-refractivity contribution is -0.146. The molecular formula is C17H24FNO3. The monoisotopic (exact) mass is 309 g/mol. The van der Waals surface area contributed by atoms with Gasteiger partial charge in [0.05, 0.1) is 13.7 Å². The van der Waals surface area contributed by atoms with Crippen LogP contribution >= 0.6 is 0 Å². The number of benzene rings is 1. The van der Waals surface area contributed by atoms with E-state index >= 15 is 0 Å². The number of esters is 1. The van der Waals surface area contributed by atoms with Crippen molar-refractivity contribution in [3.63, 3.8) is 0 Å². The van der Waals surface area contributed by atoms with Crippen LogP contribution in [0.2, 0.25) is 0 Å². The van der Waals surface area contributed by atoms with E-state index < -0.39 is 11.9 Å². The second-order valence-electron chi connectivity index (χ2n) is 5.58. The minimum Gasteiger partial charge on any atom is -0.494 e. The van der Waals surface area contributed by atoms with Gasteiger partial charge in [0.2, 0.25) is 0 Å². The van der Waals surface area contributed by atoms with Crippen LogP contribution in [0.3, 0.4) is 0 Å². The topological polar surface area (TPSA) is 47.6 Å². The quantitative estimate of drug-likeness (QED) is 0.819. The zero-order valence-electron chi connectivity index (χ0n) is 13.2. The molecule has 5 heteroatoms. The zero-order chi connectivity index (χ0) is 15.9. The molecule has 0 radical (unpaired) electrons. The van der Waals surface area contributed by atoms with E-state index in [0.717, 1.165) is 25.7 Å². The summed E-state index contributed by atoms with van der Waals surface area (Å²) in [6, 6.07) is 4.23. The molecule has 1 aliphatic carbocycles. The number of hydrogen-bond donors (Lipinski definition) is 1. The number of methoxy groups -OCH3 is 1. The maximum absolute atomic E-state index is 13.9. The van der Waals surface area contributed by atoms with Gasteiger partial charge < -0.3 is 9.47 Å². The largest absolute Gasteiger partial charge is 0.494 e. The normalized spacial score (nSPS) is 17.0. The van der Waals surface area contributed by atoms with E-state index in [1.807, 2.05) is 0 Å². The molecule has 0 saturated heterocycles. The van der Waals surface area contributed by atoms with Gasteiger partial charge in [0.25, 0.3) is 0 Å². The van der Waals surface area contributed by atoms with E-state index in [9.17, 15) is 9.18 Å². The predicted octanol–water partition coefficient (Wildman–Crippen LogP) is 3.36. The van der Waals surface area contributed by atoms with Crippen LogP contribution in [0.25, 0.3) is 0 Å². The van der Waals surface area contributed by atoms with Crippen LogP contribution in [0, 0.1) is 5.82 Å². The summed E-state index contributed by atoms with van der Waals surface area (Å²) in [7, 11) is 1.42. The van der Waals surface area contributed by atoms with Crippen molar-refractivity contribution in [2.75, 3.05) is 13.7 Å². The third kappa shape index (κ3) is 4.19. The van der Waals surface area contributed by atoms with E-state index in [2.05, 4.69) is 5.32 Å². The summed E-state index contributed by atoms with van der Waals surface area (Å²) in [5, 5.41) is 3.34. The summed E-state index contributed by atoms with van der Waals surface area (Å²) in [6.07, 6.45) is 5.62. The van der Waals surface area contributed by atoms with Gasteiger partial charge in [-0.25, -0.2) is 9.18 Å². The highest BCUT2D eigenvalue weighted by Crippen LogP contribution is 2.26. The van der Waals surface area contributed by atoms with Crippen molar-refractivity contribution in [3.05, 3.63) is 29.6 Å². The molecule has 0 aliphatic heterocycles. The molecule has 2 rings (SSSR count). The fraction of sp³-hybridized carbons (Fsp3) is 0.588. The lowest BCUT2D eigenvalue weighted by Gasteiger charge is -2.27. The highest BCUT2D eigenvalue weighted by Gasteiger charge is 2.26. The van der Waals surface area contributed by atoms with Gasteiger partial charge in [-0.3, -0.25) is 5.32 Å². The molecule has 4 nitrogen and oxygen atoms in total. The molecule has 0 bridgehead atoms.